The number of aryl methyl sites for hydroxylation is 1. The molecule has 29 heavy (non-hydrogen) atoms. The van der Waals surface area contributed by atoms with Crippen LogP contribution in [0.3, 0.4) is 0 Å². The highest BCUT2D eigenvalue weighted by Crippen LogP contribution is 2.25. The molecule has 2 aromatic rings. The lowest BCUT2D eigenvalue weighted by molar-refractivity contribution is -0.143. The van der Waals surface area contributed by atoms with Gasteiger partial charge in [-0.15, -0.1) is 0 Å². The van der Waals surface area contributed by atoms with Crippen LogP contribution in [0, 0.1) is 6.92 Å². The minimum absolute atomic E-state index is 0.0474. The van der Waals surface area contributed by atoms with E-state index in [9.17, 15) is 19.5 Å². The SMILES string of the molecule is Cc1ccc(CN2C(=O)CCC2C(=O)NCC(C)(C(=O)O)c2ccccc2)cc1. The summed E-state index contributed by atoms with van der Waals surface area (Å²) in [6.45, 7) is 3.91. The summed E-state index contributed by atoms with van der Waals surface area (Å²) in [6.07, 6.45) is 0.754. The number of nitrogens with zero attached hydrogens (tertiary/aromatic N) is 1. The molecule has 0 saturated carbocycles. The van der Waals surface area contributed by atoms with E-state index in [-0.39, 0.29) is 18.4 Å². The Bertz CT molecular complexity index is 895. The number of aliphatic carboxylic acids is 1. The molecule has 1 heterocycles. The van der Waals surface area contributed by atoms with Gasteiger partial charge in [-0.05, 0) is 31.4 Å². The van der Waals surface area contributed by atoms with Gasteiger partial charge in [0.15, 0.2) is 0 Å². The van der Waals surface area contributed by atoms with Crippen LogP contribution in [0.2, 0.25) is 0 Å². The monoisotopic (exact) mass is 394 g/mol. The number of nitrogens with one attached hydrogen (secondary N) is 1. The van der Waals surface area contributed by atoms with Gasteiger partial charge in [-0.3, -0.25) is 14.4 Å². The van der Waals surface area contributed by atoms with Gasteiger partial charge in [0.1, 0.15) is 11.5 Å². The fraction of sp³-hybridized carbons (Fsp3) is 0.348. The van der Waals surface area contributed by atoms with Crippen molar-refractivity contribution in [1.82, 2.24) is 10.2 Å². The molecule has 2 aromatic carbocycles. The molecule has 1 fully saturated rings. The van der Waals surface area contributed by atoms with Crippen LogP contribution < -0.4 is 5.32 Å². The average Bonchev–Trinajstić information content (AvgIpc) is 3.08. The molecule has 1 saturated heterocycles. The quantitative estimate of drug-likeness (QED) is 0.756. The first-order valence-corrected chi connectivity index (χ1v) is 9.73. The zero-order valence-corrected chi connectivity index (χ0v) is 16.7. The number of benzene rings is 2. The number of hydrogen-bond donors (Lipinski definition) is 2. The molecule has 6 heteroatoms. The van der Waals surface area contributed by atoms with Crippen LogP contribution in [-0.4, -0.2) is 40.4 Å². The minimum atomic E-state index is -1.25. The Morgan fingerprint density at radius 3 is 2.41 bits per heavy atom. The van der Waals surface area contributed by atoms with Crippen molar-refractivity contribution in [2.75, 3.05) is 6.54 Å². The average molecular weight is 394 g/mol. The van der Waals surface area contributed by atoms with Crippen LogP contribution in [-0.2, 0) is 26.3 Å². The highest BCUT2D eigenvalue weighted by molar-refractivity contribution is 5.91. The van der Waals surface area contributed by atoms with E-state index < -0.39 is 17.4 Å². The lowest BCUT2D eigenvalue weighted by Gasteiger charge is -2.28. The first kappa shape index (κ1) is 20.6. The van der Waals surface area contributed by atoms with Crippen LogP contribution in [0.25, 0.3) is 0 Å². The molecule has 1 aliphatic rings. The molecule has 2 unspecified atom stereocenters. The number of likely N-dealkylation sites (tertiary alicyclic amines) is 1. The molecule has 0 aliphatic carbocycles. The molecule has 3 rings (SSSR count). The zero-order chi connectivity index (χ0) is 21.0. The Labute approximate surface area is 170 Å². The number of carboxylic acids is 1. The van der Waals surface area contributed by atoms with Crippen LogP contribution >= 0.6 is 0 Å². The van der Waals surface area contributed by atoms with Gasteiger partial charge in [-0.2, -0.15) is 0 Å². The maximum absolute atomic E-state index is 12.8. The van der Waals surface area contributed by atoms with Crippen molar-refractivity contribution in [2.24, 2.45) is 0 Å². The molecule has 0 spiro atoms. The van der Waals surface area contributed by atoms with Crippen LogP contribution in [0.15, 0.2) is 54.6 Å². The summed E-state index contributed by atoms with van der Waals surface area (Å²) in [5, 5.41) is 12.5. The lowest BCUT2D eigenvalue weighted by Crippen LogP contribution is -2.50. The van der Waals surface area contributed by atoms with E-state index in [0.29, 0.717) is 24.9 Å². The van der Waals surface area contributed by atoms with E-state index in [1.807, 2.05) is 37.3 Å². The maximum atomic E-state index is 12.8. The Kier molecular flexibility index (Phi) is 6.01. The molecule has 2 N–H and O–H groups in total. The van der Waals surface area contributed by atoms with E-state index in [4.69, 9.17) is 0 Å². The third kappa shape index (κ3) is 4.47. The molecule has 0 bridgehead atoms. The van der Waals surface area contributed by atoms with E-state index in [1.54, 1.807) is 36.1 Å². The van der Waals surface area contributed by atoms with Gasteiger partial charge in [-0.1, -0.05) is 60.2 Å². The topological polar surface area (TPSA) is 86.7 Å². The van der Waals surface area contributed by atoms with Gasteiger partial charge >= 0.3 is 5.97 Å². The summed E-state index contributed by atoms with van der Waals surface area (Å²) in [5.74, 6) is -1.39. The Hall–Kier alpha value is -3.15. The van der Waals surface area contributed by atoms with Crippen molar-refractivity contribution < 1.29 is 19.5 Å². The number of amides is 2. The predicted molar refractivity (Wildman–Crippen MR) is 109 cm³/mol. The van der Waals surface area contributed by atoms with Crippen molar-refractivity contribution in [2.45, 2.75) is 44.7 Å². The molecular weight excluding hydrogens is 368 g/mol. The maximum Gasteiger partial charge on any atom is 0.315 e. The lowest BCUT2D eigenvalue weighted by atomic mass is 9.82. The van der Waals surface area contributed by atoms with Gasteiger partial charge < -0.3 is 15.3 Å². The van der Waals surface area contributed by atoms with E-state index in [2.05, 4.69) is 5.32 Å². The Balaban J connectivity index is 1.70. The number of carbonyl (C=O) groups excluding carboxylic acids is 2. The first-order chi connectivity index (χ1) is 13.8. The molecular formula is C23H26N2O4. The van der Waals surface area contributed by atoms with E-state index in [1.165, 1.54) is 0 Å². The van der Waals surface area contributed by atoms with Gasteiger partial charge in [0.25, 0.3) is 0 Å². The minimum Gasteiger partial charge on any atom is -0.481 e. The summed E-state index contributed by atoms with van der Waals surface area (Å²) in [5.41, 5.74) is 1.46. The smallest absolute Gasteiger partial charge is 0.315 e. The molecule has 2 amide bonds. The van der Waals surface area contributed by atoms with E-state index in [0.717, 1.165) is 11.1 Å². The fourth-order valence-electron chi connectivity index (χ4n) is 3.58. The summed E-state index contributed by atoms with van der Waals surface area (Å²) < 4.78 is 0. The molecule has 6 nitrogen and oxygen atoms in total. The number of carbonyl (C=O) groups is 3. The second-order valence-electron chi connectivity index (χ2n) is 7.78. The van der Waals surface area contributed by atoms with Crippen LogP contribution in [0.1, 0.15) is 36.5 Å². The Morgan fingerprint density at radius 1 is 1.14 bits per heavy atom. The van der Waals surface area contributed by atoms with Gasteiger partial charge in [0, 0.05) is 19.5 Å². The summed E-state index contributed by atoms with van der Waals surface area (Å²) in [7, 11) is 0. The van der Waals surface area contributed by atoms with Gasteiger partial charge in [0.05, 0.1) is 0 Å². The molecule has 152 valence electrons. The van der Waals surface area contributed by atoms with Crippen LogP contribution in [0.5, 0.6) is 0 Å². The molecule has 1 aliphatic heterocycles. The summed E-state index contributed by atoms with van der Waals surface area (Å²) in [6, 6.07) is 16.1. The van der Waals surface area contributed by atoms with Gasteiger partial charge in [-0.25, -0.2) is 0 Å². The number of carboxylic acid groups (broad SMARTS) is 1. The predicted octanol–water partition coefficient (Wildman–Crippen LogP) is 2.64. The number of rotatable bonds is 7. The highest BCUT2D eigenvalue weighted by atomic mass is 16.4. The molecule has 0 radical (unpaired) electrons. The third-order valence-electron chi connectivity index (χ3n) is 5.60. The second kappa shape index (κ2) is 8.47. The molecule has 2 atom stereocenters. The van der Waals surface area contributed by atoms with Crippen molar-refractivity contribution in [3.63, 3.8) is 0 Å². The zero-order valence-electron chi connectivity index (χ0n) is 16.7. The van der Waals surface area contributed by atoms with Crippen molar-refractivity contribution in [1.29, 1.82) is 0 Å². The normalized spacial score (nSPS) is 18.3. The second-order valence-corrected chi connectivity index (χ2v) is 7.78. The third-order valence-corrected chi connectivity index (χ3v) is 5.60. The fourth-order valence-corrected chi connectivity index (χ4v) is 3.58. The summed E-state index contributed by atoms with van der Waals surface area (Å²) in [4.78, 5) is 38.7. The van der Waals surface area contributed by atoms with Crippen molar-refractivity contribution >= 4 is 17.8 Å². The van der Waals surface area contributed by atoms with Gasteiger partial charge in [0.2, 0.25) is 11.8 Å². The number of hydrogen-bond acceptors (Lipinski definition) is 3. The summed E-state index contributed by atoms with van der Waals surface area (Å²) >= 11 is 0. The largest absolute Gasteiger partial charge is 0.481 e. The Morgan fingerprint density at radius 2 is 1.79 bits per heavy atom. The highest BCUT2D eigenvalue weighted by Gasteiger charge is 2.39. The first-order valence-electron chi connectivity index (χ1n) is 9.73. The van der Waals surface area contributed by atoms with Crippen molar-refractivity contribution in [3.8, 4) is 0 Å². The molecule has 0 aromatic heterocycles. The van der Waals surface area contributed by atoms with E-state index >= 15 is 0 Å². The van der Waals surface area contributed by atoms with Crippen LogP contribution in [0.4, 0.5) is 0 Å². The van der Waals surface area contributed by atoms with Crippen molar-refractivity contribution in [3.05, 3.63) is 71.3 Å². The standard InChI is InChI=1S/C23H26N2O4/c1-16-8-10-17(11-9-16)14-25-19(12-13-20(25)26)21(27)24-15-23(2,22(28)29)18-6-4-3-5-7-18/h3-11,19H,12-15H2,1-2H3,(H,24,27)(H,28,29).